The van der Waals surface area contributed by atoms with Gasteiger partial charge in [0.15, 0.2) is 6.10 Å². The van der Waals surface area contributed by atoms with Crippen LogP contribution in [0.2, 0.25) is 0 Å². The second kappa shape index (κ2) is 5.27. The van der Waals surface area contributed by atoms with Crippen LogP contribution in [0.3, 0.4) is 0 Å². The van der Waals surface area contributed by atoms with Gasteiger partial charge in [-0.2, -0.15) is 0 Å². The van der Waals surface area contributed by atoms with Crippen molar-refractivity contribution in [3.63, 3.8) is 0 Å². The number of nitrogen functional groups attached to an aromatic ring is 1. The number of benzene rings is 1. The number of nitrogens with two attached hydrogens (primary N) is 2. The van der Waals surface area contributed by atoms with Gasteiger partial charge in [-0.15, -0.1) is 0 Å². The molecule has 21 heavy (non-hydrogen) atoms. The minimum absolute atomic E-state index is 0.0235. The van der Waals surface area contributed by atoms with Crippen LogP contribution in [0.4, 0.5) is 11.4 Å². The average molecular weight is 288 g/mol. The molecule has 6 heteroatoms. The summed E-state index contributed by atoms with van der Waals surface area (Å²) in [5.74, 6) is 1.43. The van der Waals surface area contributed by atoms with Crippen LogP contribution in [0.1, 0.15) is 19.8 Å². The number of likely N-dealkylation sites (tertiary alicyclic amines) is 1. The van der Waals surface area contributed by atoms with Crippen LogP contribution in [0, 0.1) is 5.92 Å². The second-order valence-electron chi connectivity index (χ2n) is 5.62. The number of anilines is 1. The van der Waals surface area contributed by atoms with Gasteiger partial charge in [-0.3, -0.25) is 4.79 Å². The van der Waals surface area contributed by atoms with Crippen molar-refractivity contribution in [3.05, 3.63) is 18.2 Å². The number of rotatable bonds is 1. The Labute approximate surface area is 123 Å². The van der Waals surface area contributed by atoms with E-state index in [1.54, 1.807) is 0 Å². The summed E-state index contributed by atoms with van der Waals surface area (Å²) in [6.45, 7) is 3.54. The zero-order valence-corrected chi connectivity index (χ0v) is 12.1. The molecule has 2 aliphatic rings. The summed E-state index contributed by atoms with van der Waals surface area (Å²) in [6, 6.07) is 5.47. The molecule has 6 nitrogen and oxygen atoms in total. The quantitative estimate of drug-likeness (QED) is 0.761. The summed E-state index contributed by atoms with van der Waals surface area (Å²) in [5, 5.41) is 0. The van der Waals surface area contributed by atoms with Crippen LogP contribution < -0.4 is 16.2 Å². The van der Waals surface area contributed by atoms with Crippen LogP contribution in [-0.2, 0) is 4.79 Å². The topological polar surface area (TPSA) is 93.9 Å². The number of fused-ring (bicyclic) bond motifs is 1. The van der Waals surface area contributed by atoms with Gasteiger partial charge in [0.1, 0.15) is 17.3 Å². The van der Waals surface area contributed by atoms with Crippen LogP contribution >= 0.6 is 0 Å². The maximum Gasteiger partial charge on any atom is 0.220 e. The normalized spacial score (nSPS) is 22.2. The zero-order chi connectivity index (χ0) is 15.0. The summed E-state index contributed by atoms with van der Waals surface area (Å²) in [7, 11) is 0. The number of amides is 1. The molecule has 112 valence electrons. The highest BCUT2D eigenvalue weighted by atomic mass is 16.5. The fourth-order valence-corrected chi connectivity index (χ4v) is 2.90. The third-order valence-corrected chi connectivity index (χ3v) is 4.11. The standard InChI is InChI=1S/C15H20N4O2/c1-9-15(19-6-4-10(5-7-19)14(17)20)18-12-8-11(16)2-3-13(12)21-9/h2-3,8-10H,4-7,16H2,1H3,(H2,17,20). The average Bonchev–Trinajstić information content (AvgIpc) is 2.47. The first kappa shape index (κ1) is 13.7. The van der Waals surface area contributed by atoms with Crippen molar-refractivity contribution in [2.75, 3.05) is 18.8 Å². The molecule has 0 radical (unpaired) electrons. The number of carbonyl (C=O) groups is 1. The number of hydrogen-bond donors (Lipinski definition) is 2. The first-order valence-corrected chi connectivity index (χ1v) is 7.23. The highest BCUT2D eigenvalue weighted by molar-refractivity contribution is 5.92. The second-order valence-corrected chi connectivity index (χ2v) is 5.62. The van der Waals surface area contributed by atoms with Crippen LogP contribution in [0.5, 0.6) is 5.75 Å². The van der Waals surface area contributed by atoms with Gasteiger partial charge in [0.2, 0.25) is 5.91 Å². The van der Waals surface area contributed by atoms with Crippen LogP contribution in [0.25, 0.3) is 0 Å². The Morgan fingerprint density at radius 3 is 2.76 bits per heavy atom. The molecule has 0 aromatic heterocycles. The van der Waals surface area contributed by atoms with E-state index in [1.165, 1.54) is 0 Å². The van der Waals surface area contributed by atoms with E-state index in [4.69, 9.17) is 21.2 Å². The lowest BCUT2D eigenvalue weighted by molar-refractivity contribution is -0.122. The first-order valence-electron chi connectivity index (χ1n) is 7.23. The number of aliphatic imine (C=N–C) groups is 1. The number of ether oxygens (including phenoxy) is 1. The van der Waals surface area contributed by atoms with E-state index in [-0.39, 0.29) is 17.9 Å². The van der Waals surface area contributed by atoms with Crippen molar-refractivity contribution in [2.24, 2.45) is 16.6 Å². The minimum Gasteiger partial charge on any atom is -0.481 e. The summed E-state index contributed by atoms with van der Waals surface area (Å²) in [4.78, 5) is 18.1. The molecule has 0 aliphatic carbocycles. The molecule has 1 atom stereocenters. The van der Waals surface area contributed by atoms with E-state index >= 15 is 0 Å². The van der Waals surface area contributed by atoms with Gasteiger partial charge in [-0.05, 0) is 38.0 Å². The van der Waals surface area contributed by atoms with Crippen LogP contribution in [-0.4, -0.2) is 35.8 Å². The van der Waals surface area contributed by atoms with Gasteiger partial charge in [0, 0.05) is 24.7 Å². The SMILES string of the molecule is CC1Oc2ccc(N)cc2N=C1N1CCC(C(N)=O)CC1. The lowest BCUT2D eigenvalue weighted by atomic mass is 9.96. The van der Waals surface area contributed by atoms with E-state index in [2.05, 4.69) is 4.90 Å². The molecule has 4 N–H and O–H groups in total. The smallest absolute Gasteiger partial charge is 0.220 e. The van der Waals surface area contributed by atoms with Crippen molar-refractivity contribution in [2.45, 2.75) is 25.9 Å². The third kappa shape index (κ3) is 2.66. The van der Waals surface area contributed by atoms with Crippen molar-refractivity contribution >= 4 is 23.1 Å². The first-order chi connectivity index (χ1) is 10.0. The van der Waals surface area contributed by atoms with Crippen molar-refractivity contribution in [1.82, 2.24) is 4.90 Å². The van der Waals surface area contributed by atoms with E-state index < -0.39 is 0 Å². The summed E-state index contributed by atoms with van der Waals surface area (Å²) < 4.78 is 5.91. The van der Waals surface area contributed by atoms with Crippen molar-refractivity contribution < 1.29 is 9.53 Å². The molecule has 1 aromatic carbocycles. The summed E-state index contributed by atoms with van der Waals surface area (Å²) >= 11 is 0. The molecule has 1 aromatic rings. The van der Waals surface area contributed by atoms with Gasteiger partial charge in [-0.25, -0.2) is 4.99 Å². The maximum absolute atomic E-state index is 11.2. The van der Waals surface area contributed by atoms with Gasteiger partial charge in [-0.1, -0.05) is 0 Å². The molecule has 2 heterocycles. The highest BCUT2D eigenvalue weighted by Crippen LogP contribution is 2.35. The Hall–Kier alpha value is -2.24. The monoisotopic (exact) mass is 288 g/mol. The van der Waals surface area contributed by atoms with E-state index in [0.717, 1.165) is 43.2 Å². The van der Waals surface area contributed by atoms with E-state index in [1.807, 2.05) is 25.1 Å². The lowest BCUT2D eigenvalue weighted by Crippen LogP contribution is -2.47. The molecular weight excluding hydrogens is 268 g/mol. The number of piperidine rings is 1. The summed E-state index contributed by atoms with van der Waals surface area (Å²) in [5.41, 5.74) is 12.6. The molecule has 1 saturated heterocycles. The molecule has 1 unspecified atom stereocenters. The van der Waals surface area contributed by atoms with Gasteiger partial charge in [0.05, 0.1) is 0 Å². The predicted molar refractivity (Wildman–Crippen MR) is 81.5 cm³/mol. The predicted octanol–water partition coefficient (Wildman–Crippen LogP) is 1.28. The van der Waals surface area contributed by atoms with Crippen LogP contribution in [0.15, 0.2) is 23.2 Å². The van der Waals surface area contributed by atoms with Gasteiger partial charge < -0.3 is 21.1 Å². The number of nitrogens with zero attached hydrogens (tertiary/aromatic N) is 2. The molecule has 3 rings (SSSR count). The molecular formula is C15H20N4O2. The number of hydrogen-bond acceptors (Lipinski definition) is 5. The van der Waals surface area contributed by atoms with Crippen molar-refractivity contribution in [1.29, 1.82) is 0 Å². The summed E-state index contributed by atoms with van der Waals surface area (Å²) in [6.07, 6.45) is 1.43. The van der Waals surface area contributed by atoms with Gasteiger partial charge >= 0.3 is 0 Å². The number of primary amides is 1. The fourth-order valence-electron chi connectivity index (χ4n) is 2.90. The van der Waals surface area contributed by atoms with E-state index in [9.17, 15) is 4.79 Å². The number of amidine groups is 1. The molecule has 1 fully saturated rings. The molecule has 1 amide bonds. The Kier molecular flexibility index (Phi) is 3.45. The molecule has 0 saturated carbocycles. The number of carbonyl (C=O) groups excluding carboxylic acids is 1. The third-order valence-electron chi connectivity index (χ3n) is 4.11. The Balaban J connectivity index is 1.81. The highest BCUT2D eigenvalue weighted by Gasteiger charge is 2.30. The largest absolute Gasteiger partial charge is 0.481 e. The molecule has 0 bridgehead atoms. The molecule has 2 aliphatic heterocycles. The zero-order valence-electron chi connectivity index (χ0n) is 12.1. The van der Waals surface area contributed by atoms with E-state index in [0.29, 0.717) is 5.69 Å². The Morgan fingerprint density at radius 2 is 2.10 bits per heavy atom. The molecule has 0 spiro atoms. The fraction of sp³-hybridized carbons (Fsp3) is 0.467. The maximum atomic E-state index is 11.2. The lowest BCUT2D eigenvalue weighted by Gasteiger charge is -2.36. The Morgan fingerprint density at radius 1 is 1.38 bits per heavy atom. The van der Waals surface area contributed by atoms with Crippen molar-refractivity contribution in [3.8, 4) is 5.75 Å². The van der Waals surface area contributed by atoms with Gasteiger partial charge in [0.25, 0.3) is 0 Å². The minimum atomic E-state index is -0.206. The Bertz CT molecular complexity index is 591.